The van der Waals surface area contributed by atoms with Crippen LogP contribution in [0.4, 0.5) is 22.1 Å². The van der Waals surface area contributed by atoms with Gasteiger partial charge < -0.3 is 20.9 Å². The molecule has 0 bridgehead atoms. The largest absolute Gasteiger partial charge is 0.368 e. The molecule has 1 aliphatic heterocycles. The van der Waals surface area contributed by atoms with E-state index in [9.17, 15) is 4.79 Å². The number of rotatable bonds is 7. The van der Waals surface area contributed by atoms with E-state index in [2.05, 4.69) is 37.7 Å². The molecule has 0 atom stereocenters. The summed E-state index contributed by atoms with van der Waals surface area (Å²) >= 11 is 0. The third-order valence-electron chi connectivity index (χ3n) is 4.62. The van der Waals surface area contributed by atoms with E-state index in [4.69, 9.17) is 0 Å². The first-order valence-corrected chi connectivity index (χ1v) is 9.63. The molecular weight excluding hydrogens is 340 g/mol. The van der Waals surface area contributed by atoms with Gasteiger partial charge in [-0.1, -0.05) is 25.1 Å². The zero-order chi connectivity index (χ0) is 19.1. The maximum Gasteiger partial charge on any atom is 0.319 e. The van der Waals surface area contributed by atoms with E-state index in [0.29, 0.717) is 13.1 Å². The molecule has 7 heteroatoms. The van der Waals surface area contributed by atoms with E-state index in [-0.39, 0.29) is 6.03 Å². The van der Waals surface area contributed by atoms with Crippen LogP contribution in [0.5, 0.6) is 0 Å². The van der Waals surface area contributed by atoms with Gasteiger partial charge in [0.25, 0.3) is 0 Å². The minimum absolute atomic E-state index is 0.200. The van der Waals surface area contributed by atoms with E-state index < -0.39 is 0 Å². The molecule has 27 heavy (non-hydrogen) atoms. The highest BCUT2D eigenvalue weighted by molar-refractivity contribution is 5.90. The predicted molar refractivity (Wildman–Crippen MR) is 110 cm³/mol. The molecule has 144 valence electrons. The van der Waals surface area contributed by atoms with Crippen LogP contribution in [0.15, 0.2) is 30.3 Å². The molecule has 1 aromatic heterocycles. The van der Waals surface area contributed by atoms with E-state index in [1.165, 1.54) is 12.8 Å². The molecule has 3 N–H and O–H groups in total. The van der Waals surface area contributed by atoms with E-state index in [0.717, 1.165) is 48.2 Å². The number of aryl methyl sites for hydroxylation is 2. The number of para-hydroxylation sites is 1. The number of nitrogens with one attached hydrogen (secondary N) is 3. The summed E-state index contributed by atoms with van der Waals surface area (Å²) in [6, 6.07) is 9.62. The third kappa shape index (κ3) is 5.32. The van der Waals surface area contributed by atoms with Gasteiger partial charge in [0.15, 0.2) is 0 Å². The lowest BCUT2D eigenvalue weighted by molar-refractivity contribution is 0.252. The Morgan fingerprint density at radius 1 is 1.15 bits per heavy atom. The molecule has 0 radical (unpaired) electrons. The Morgan fingerprint density at radius 2 is 1.93 bits per heavy atom. The van der Waals surface area contributed by atoms with Crippen LogP contribution < -0.4 is 20.9 Å². The fraction of sp³-hybridized carbons (Fsp3) is 0.450. The SMILES string of the molecule is CCc1ccccc1NC(=O)NCCNc1cc(N2CCCC2)nc(C)n1. The number of urea groups is 1. The molecule has 0 unspecified atom stereocenters. The van der Waals surface area contributed by atoms with Gasteiger partial charge in [-0.25, -0.2) is 14.8 Å². The van der Waals surface area contributed by atoms with E-state index >= 15 is 0 Å². The zero-order valence-electron chi connectivity index (χ0n) is 16.1. The molecule has 0 saturated carbocycles. The Balaban J connectivity index is 1.46. The van der Waals surface area contributed by atoms with Gasteiger partial charge in [-0.2, -0.15) is 0 Å². The molecule has 3 rings (SSSR count). The van der Waals surface area contributed by atoms with Gasteiger partial charge in [0.2, 0.25) is 0 Å². The van der Waals surface area contributed by atoms with Crippen molar-refractivity contribution in [1.82, 2.24) is 15.3 Å². The van der Waals surface area contributed by atoms with E-state index in [1.807, 2.05) is 37.3 Å². The van der Waals surface area contributed by atoms with Gasteiger partial charge >= 0.3 is 6.03 Å². The number of anilines is 3. The maximum absolute atomic E-state index is 12.1. The topological polar surface area (TPSA) is 82.2 Å². The van der Waals surface area contributed by atoms with Crippen LogP contribution in [0.25, 0.3) is 0 Å². The smallest absolute Gasteiger partial charge is 0.319 e. The monoisotopic (exact) mass is 368 g/mol. The van der Waals surface area contributed by atoms with Crippen molar-refractivity contribution in [2.24, 2.45) is 0 Å². The summed E-state index contributed by atoms with van der Waals surface area (Å²) in [5.74, 6) is 2.52. The number of nitrogens with zero attached hydrogens (tertiary/aromatic N) is 3. The van der Waals surface area contributed by atoms with Crippen molar-refractivity contribution < 1.29 is 4.79 Å². The molecule has 7 nitrogen and oxygen atoms in total. The molecule has 2 amide bonds. The van der Waals surface area contributed by atoms with Gasteiger partial charge in [0, 0.05) is 37.9 Å². The Bertz CT molecular complexity index is 773. The molecule has 1 saturated heterocycles. The molecule has 1 fully saturated rings. The number of benzene rings is 1. The molecule has 1 aliphatic rings. The first-order valence-electron chi connectivity index (χ1n) is 9.63. The van der Waals surface area contributed by atoms with Crippen molar-refractivity contribution in [3.63, 3.8) is 0 Å². The lowest BCUT2D eigenvalue weighted by Crippen LogP contribution is -2.33. The minimum atomic E-state index is -0.200. The fourth-order valence-electron chi connectivity index (χ4n) is 3.23. The first-order chi connectivity index (χ1) is 13.2. The zero-order valence-corrected chi connectivity index (χ0v) is 16.1. The highest BCUT2D eigenvalue weighted by Gasteiger charge is 2.15. The summed E-state index contributed by atoms with van der Waals surface area (Å²) in [6.07, 6.45) is 3.31. The summed E-state index contributed by atoms with van der Waals surface area (Å²) in [7, 11) is 0. The number of hydrogen-bond acceptors (Lipinski definition) is 5. The quantitative estimate of drug-likeness (QED) is 0.654. The molecular formula is C20H28N6O. The van der Waals surface area contributed by atoms with Crippen LogP contribution in [-0.4, -0.2) is 42.2 Å². The Kier molecular flexibility index (Phi) is 6.46. The number of aromatic nitrogens is 2. The summed E-state index contributed by atoms with van der Waals surface area (Å²) in [4.78, 5) is 23.3. The van der Waals surface area contributed by atoms with Gasteiger partial charge in [0.1, 0.15) is 17.5 Å². The second-order valence-corrected chi connectivity index (χ2v) is 6.67. The standard InChI is InChI=1S/C20H28N6O/c1-3-16-8-4-5-9-17(16)25-20(27)22-11-10-21-18-14-19(24-15(2)23-18)26-12-6-7-13-26/h4-5,8-9,14H,3,6-7,10-13H2,1-2H3,(H,21,23,24)(H2,22,25,27). The highest BCUT2D eigenvalue weighted by Crippen LogP contribution is 2.20. The Hall–Kier alpha value is -2.83. The normalized spacial score (nSPS) is 13.5. The van der Waals surface area contributed by atoms with Crippen molar-refractivity contribution in [3.05, 3.63) is 41.7 Å². The van der Waals surface area contributed by atoms with Crippen LogP contribution in [0.1, 0.15) is 31.2 Å². The van der Waals surface area contributed by atoms with Crippen LogP contribution in [0.3, 0.4) is 0 Å². The molecule has 1 aromatic carbocycles. The predicted octanol–water partition coefficient (Wildman–Crippen LogP) is 3.18. The van der Waals surface area contributed by atoms with Crippen LogP contribution >= 0.6 is 0 Å². The summed E-state index contributed by atoms with van der Waals surface area (Å²) in [6.45, 7) is 7.18. The third-order valence-corrected chi connectivity index (χ3v) is 4.62. The average Bonchev–Trinajstić information content (AvgIpc) is 3.20. The first kappa shape index (κ1) is 18.9. The lowest BCUT2D eigenvalue weighted by Gasteiger charge is -2.18. The van der Waals surface area contributed by atoms with Crippen LogP contribution in [-0.2, 0) is 6.42 Å². The second-order valence-electron chi connectivity index (χ2n) is 6.67. The van der Waals surface area contributed by atoms with Crippen molar-refractivity contribution in [2.45, 2.75) is 33.1 Å². The fourth-order valence-corrected chi connectivity index (χ4v) is 3.23. The van der Waals surface area contributed by atoms with Crippen molar-refractivity contribution >= 4 is 23.4 Å². The van der Waals surface area contributed by atoms with Crippen molar-refractivity contribution in [3.8, 4) is 0 Å². The molecule has 2 heterocycles. The molecule has 0 spiro atoms. The number of carbonyl (C=O) groups excluding carboxylic acids is 1. The maximum atomic E-state index is 12.1. The van der Waals surface area contributed by atoms with Gasteiger partial charge in [-0.05, 0) is 37.8 Å². The minimum Gasteiger partial charge on any atom is -0.368 e. The number of hydrogen-bond donors (Lipinski definition) is 3. The number of amides is 2. The second kappa shape index (κ2) is 9.21. The molecule has 2 aromatic rings. The van der Waals surface area contributed by atoms with Crippen LogP contribution in [0, 0.1) is 6.92 Å². The number of carbonyl (C=O) groups is 1. The highest BCUT2D eigenvalue weighted by atomic mass is 16.2. The molecule has 0 aliphatic carbocycles. The van der Waals surface area contributed by atoms with Crippen molar-refractivity contribution in [1.29, 1.82) is 0 Å². The Morgan fingerprint density at radius 3 is 2.70 bits per heavy atom. The lowest BCUT2D eigenvalue weighted by atomic mass is 10.1. The van der Waals surface area contributed by atoms with Gasteiger partial charge in [0.05, 0.1) is 0 Å². The Labute approximate surface area is 160 Å². The summed E-state index contributed by atoms with van der Waals surface area (Å²) < 4.78 is 0. The van der Waals surface area contributed by atoms with Crippen LogP contribution in [0.2, 0.25) is 0 Å². The van der Waals surface area contributed by atoms with Crippen molar-refractivity contribution in [2.75, 3.05) is 41.7 Å². The van der Waals surface area contributed by atoms with Gasteiger partial charge in [-0.15, -0.1) is 0 Å². The average molecular weight is 368 g/mol. The van der Waals surface area contributed by atoms with E-state index in [1.54, 1.807) is 0 Å². The van der Waals surface area contributed by atoms with Gasteiger partial charge in [-0.3, -0.25) is 0 Å². The summed E-state index contributed by atoms with van der Waals surface area (Å²) in [5.41, 5.74) is 1.98. The summed E-state index contributed by atoms with van der Waals surface area (Å²) in [5, 5.41) is 9.05.